The summed E-state index contributed by atoms with van der Waals surface area (Å²) in [6.07, 6.45) is 2.55. The Kier molecular flexibility index (Phi) is 4.74. The molecule has 0 amide bonds. The van der Waals surface area contributed by atoms with Gasteiger partial charge in [-0.1, -0.05) is 47.3 Å². The molecule has 1 aromatic heterocycles. The Morgan fingerprint density at radius 1 is 1.29 bits per heavy atom. The number of benzene rings is 1. The summed E-state index contributed by atoms with van der Waals surface area (Å²) in [6, 6.07) is 12.5. The van der Waals surface area contributed by atoms with Crippen molar-refractivity contribution in [3.63, 3.8) is 0 Å². The van der Waals surface area contributed by atoms with Gasteiger partial charge in [0.25, 0.3) is 0 Å². The van der Waals surface area contributed by atoms with E-state index in [1.54, 1.807) is 11.8 Å². The third kappa shape index (κ3) is 3.62. The number of thioether (sulfide) groups is 1. The van der Waals surface area contributed by atoms with Crippen LogP contribution in [0.25, 0.3) is 0 Å². The van der Waals surface area contributed by atoms with E-state index in [4.69, 9.17) is 4.52 Å². The standard InChI is InChI=1S/C13H13NOS.Na.H/c1-2-4-10(5-3-1)9-16-13-8-12(14-15-13)11-6-7-11;;/h1-5,8,11H,6-7,9H2;;/q;+1;-1. The minimum absolute atomic E-state index is 0. The molecule has 0 saturated heterocycles. The molecule has 0 unspecified atom stereocenters. The number of hydrogen-bond donors (Lipinski definition) is 0. The van der Waals surface area contributed by atoms with E-state index in [-0.39, 0.29) is 31.0 Å². The first kappa shape index (κ1) is 13.2. The maximum Gasteiger partial charge on any atom is 1.00 e. The Morgan fingerprint density at radius 2 is 2.06 bits per heavy atom. The second-order valence-corrected chi connectivity index (χ2v) is 5.10. The molecule has 2 aromatic rings. The van der Waals surface area contributed by atoms with Gasteiger partial charge in [-0.15, -0.1) is 0 Å². The van der Waals surface area contributed by atoms with Gasteiger partial charge in [0.1, 0.15) is 0 Å². The zero-order chi connectivity index (χ0) is 10.8. The number of aromatic nitrogens is 1. The van der Waals surface area contributed by atoms with Gasteiger partial charge in [-0.25, -0.2) is 0 Å². The van der Waals surface area contributed by atoms with Crippen LogP contribution in [-0.2, 0) is 5.75 Å². The Labute approximate surface area is 129 Å². The fourth-order valence-corrected chi connectivity index (χ4v) is 2.43. The van der Waals surface area contributed by atoms with E-state index in [0.717, 1.165) is 16.5 Å². The van der Waals surface area contributed by atoms with E-state index in [1.807, 2.05) is 6.07 Å². The van der Waals surface area contributed by atoms with E-state index in [2.05, 4.69) is 35.5 Å². The summed E-state index contributed by atoms with van der Waals surface area (Å²) in [5, 5.41) is 5.03. The summed E-state index contributed by atoms with van der Waals surface area (Å²) < 4.78 is 5.30. The molecule has 0 aliphatic heterocycles. The zero-order valence-corrected chi connectivity index (χ0v) is 12.7. The van der Waals surface area contributed by atoms with Crippen molar-refractivity contribution in [2.24, 2.45) is 0 Å². The molecular formula is C13H14NNaOS. The molecule has 17 heavy (non-hydrogen) atoms. The Hall–Kier alpha value is -0.220. The average molecular weight is 255 g/mol. The summed E-state index contributed by atoms with van der Waals surface area (Å²) in [7, 11) is 0. The molecule has 1 saturated carbocycles. The fraction of sp³-hybridized carbons (Fsp3) is 0.308. The minimum atomic E-state index is 0. The zero-order valence-electron chi connectivity index (χ0n) is 10.9. The van der Waals surface area contributed by atoms with Crippen LogP contribution < -0.4 is 29.6 Å². The third-order valence-electron chi connectivity index (χ3n) is 2.73. The van der Waals surface area contributed by atoms with Crippen LogP contribution in [0, 0.1) is 0 Å². The Morgan fingerprint density at radius 3 is 2.76 bits per heavy atom. The molecule has 0 N–H and O–H groups in total. The van der Waals surface area contributed by atoms with Crippen molar-refractivity contribution in [2.45, 2.75) is 29.6 Å². The molecule has 0 spiro atoms. The molecule has 1 aliphatic rings. The molecule has 2 nitrogen and oxygen atoms in total. The first-order valence-electron chi connectivity index (χ1n) is 5.55. The number of nitrogens with zero attached hydrogens (tertiary/aromatic N) is 1. The minimum Gasteiger partial charge on any atom is -1.00 e. The predicted molar refractivity (Wildman–Crippen MR) is 65.6 cm³/mol. The van der Waals surface area contributed by atoms with Gasteiger partial charge < -0.3 is 5.95 Å². The van der Waals surface area contributed by atoms with Crippen LogP contribution in [0.3, 0.4) is 0 Å². The second-order valence-electron chi connectivity index (χ2n) is 4.12. The van der Waals surface area contributed by atoms with Gasteiger partial charge in [-0.2, -0.15) is 0 Å². The number of rotatable bonds is 4. The third-order valence-corrected chi connectivity index (χ3v) is 3.68. The van der Waals surface area contributed by atoms with E-state index in [0.29, 0.717) is 5.92 Å². The van der Waals surface area contributed by atoms with Crippen LogP contribution in [0.4, 0.5) is 0 Å². The second kappa shape index (κ2) is 6.10. The molecule has 3 rings (SSSR count). The summed E-state index contributed by atoms with van der Waals surface area (Å²) >= 11 is 1.71. The van der Waals surface area contributed by atoms with Crippen molar-refractivity contribution in [3.05, 3.63) is 47.7 Å². The van der Waals surface area contributed by atoms with Gasteiger partial charge in [-0.05, 0) is 18.4 Å². The summed E-state index contributed by atoms with van der Waals surface area (Å²) in [6.45, 7) is 0. The van der Waals surface area contributed by atoms with Crippen LogP contribution >= 0.6 is 11.8 Å². The Bertz CT molecular complexity index is 473. The van der Waals surface area contributed by atoms with Gasteiger partial charge in [0, 0.05) is 17.7 Å². The largest absolute Gasteiger partial charge is 1.00 e. The molecule has 1 aromatic carbocycles. The van der Waals surface area contributed by atoms with Gasteiger partial charge in [-0.3, -0.25) is 0 Å². The molecule has 0 radical (unpaired) electrons. The molecule has 1 fully saturated rings. The maximum absolute atomic E-state index is 5.30. The number of hydrogen-bond acceptors (Lipinski definition) is 3. The van der Waals surface area contributed by atoms with E-state index < -0.39 is 0 Å². The summed E-state index contributed by atoms with van der Waals surface area (Å²) in [5.41, 5.74) is 2.45. The monoisotopic (exact) mass is 255 g/mol. The average Bonchev–Trinajstić information content (AvgIpc) is 3.08. The first-order valence-corrected chi connectivity index (χ1v) is 6.54. The summed E-state index contributed by atoms with van der Waals surface area (Å²) in [4.78, 5) is 0. The first-order chi connectivity index (χ1) is 7.92. The van der Waals surface area contributed by atoms with Crippen LogP contribution in [0.5, 0.6) is 0 Å². The van der Waals surface area contributed by atoms with Crippen molar-refractivity contribution in [1.82, 2.24) is 5.16 Å². The van der Waals surface area contributed by atoms with Crippen LogP contribution in [0.15, 0.2) is 46.0 Å². The molecule has 4 heteroatoms. The summed E-state index contributed by atoms with van der Waals surface area (Å²) in [5.74, 6) is 1.62. The van der Waals surface area contributed by atoms with E-state index in [9.17, 15) is 0 Å². The fourth-order valence-electron chi connectivity index (χ4n) is 1.64. The Balaban J connectivity index is 0.000000810. The van der Waals surface area contributed by atoms with Gasteiger partial charge in [0.2, 0.25) is 0 Å². The molecule has 0 atom stereocenters. The van der Waals surface area contributed by atoms with E-state index >= 15 is 0 Å². The SMILES string of the molecule is [H-].[Na+].c1ccc(CSc2cc(C3CC3)no2)cc1. The quantitative estimate of drug-likeness (QED) is 0.601. The van der Waals surface area contributed by atoms with Crippen molar-refractivity contribution in [1.29, 1.82) is 0 Å². The van der Waals surface area contributed by atoms with Gasteiger partial charge in [0.15, 0.2) is 5.09 Å². The van der Waals surface area contributed by atoms with Crippen molar-refractivity contribution < 1.29 is 35.5 Å². The molecular weight excluding hydrogens is 241 g/mol. The molecule has 84 valence electrons. The van der Waals surface area contributed by atoms with Crippen LogP contribution in [0.2, 0.25) is 0 Å². The van der Waals surface area contributed by atoms with Crippen molar-refractivity contribution in [2.75, 3.05) is 0 Å². The van der Waals surface area contributed by atoms with Crippen molar-refractivity contribution in [3.8, 4) is 0 Å². The van der Waals surface area contributed by atoms with Gasteiger partial charge in [0.05, 0.1) is 5.69 Å². The van der Waals surface area contributed by atoms with E-state index in [1.165, 1.54) is 18.4 Å². The van der Waals surface area contributed by atoms with Crippen LogP contribution in [0.1, 0.15) is 31.4 Å². The van der Waals surface area contributed by atoms with Crippen molar-refractivity contribution >= 4 is 11.8 Å². The predicted octanol–water partition coefficient (Wildman–Crippen LogP) is 0.961. The normalized spacial score (nSPS) is 14.4. The van der Waals surface area contributed by atoms with Gasteiger partial charge >= 0.3 is 29.6 Å². The smallest absolute Gasteiger partial charge is 1.00 e. The topological polar surface area (TPSA) is 26.0 Å². The molecule has 1 heterocycles. The molecule has 1 aliphatic carbocycles. The van der Waals surface area contributed by atoms with Crippen LogP contribution in [-0.4, -0.2) is 5.16 Å². The maximum atomic E-state index is 5.30. The molecule has 0 bridgehead atoms.